The zero-order chi connectivity index (χ0) is 25.7. The molecule has 9 nitrogen and oxygen atoms in total. The molecule has 0 saturated carbocycles. The predicted octanol–water partition coefficient (Wildman–Crippen LogP) is 5.13. The SMILES string of the molecule is CCc1nc2ccccc2c(=O)n1N=Cc1cc(Br)ccc1OC(=O)/C=C/c1ccc([N+](=O)[O-])cc1. The molecule has 1 heterocycles. The molecule has 180 valence electrons. The number of nitrogens with zero attached hydrogens (tertiary/aromatic N) is 4. The van der Waals surface area contributed by atoms with Crippen molar-refractivity contribution in [2.45, 2.75) is 13.3 Å². The minimum Gasteiger partial charge on any atom is -0.423 e. The molecule has 0 aliphatic rings. The third kappa shape index (κ3) is 5.61. The number of ether oxygens (including phenoxy) is 1. The third-order valence-electron chi connectivity index (χ3n) is 5.15. The van der Waals surface area contributed by atoms with Crippen molar-refractivity contribution < 1.29 is 14.5 Å². The van der Waals surface area contributed by atoms with E-state index in [1.54, 1.807) is 36.4 Å². The molecule has 0 bridgehead atoms. The molecule has 0 amide bonds. The number of carbonyl (C=O) groups is 1. The largest absolute Gasteiger partial charge is 0.423 e. The minimum absolute atomic E-state index is 0.0412. The van der Waals surface area contributed by atoms with Crippen LogP contribution in [0.15, 0.2) is 87.2 Å². The van der Waals surface area contributed by atoms with Gasteiger partial charge in [-0.05, 0) is 54.1 Å². The standard InChI is InChI=1S/C26H19BrN4O5/c1-2-24-29-22-6-4-3-5-21(22)26(33)30(24)28-16-18-15-19(27)10-13-23(18)36-25(32)14-9-17-7-11-20(12-8-17)31(34)35/h3-16H,2H2,1H3/b14-9+,28-16?. The normalized spacial score (nSPS) is 11.4. The van der Waals surface area contributed by atoms with Gasteiger partial charge in [0.2, 0.25) is 0 Å². The molecule has 0 aliphatic heterocycles. The first-order valence-electron chi connectivity index (χ1n) is 10.8. The van der Waals surface area contributed by atoms with E-state index in [2.05, 4.69) is 26.0 Å². The Morgan fingerprint density at radius 3 is 2.64 bits per heavy atom. The lowest BCUT2D eigenvalue weighted by Crippen LogP contribution is -2.22. The molecule has 0 N–H and O–H groups in total. The first-order chi connectivity index (χ1) is 17.4. The Hall–Kier alpha value is -4.44. The number of fused-ring (bicyclic) bond motifs is 1. The van der Waals surface area contributed by atoms with E-state index in [4.69, 9.17) is 4.74 Å². The van der Waals surface area contributed by atoms with Crippen LogP contribution < -0.4 is 10.3 Å². The van der Waals surface area contributed by atoms with Crippen LogP contribution in [0.5, 0.6) is 5.75 Å². The number of carbonyl (C=O) groups excluding carboxylic acids is 1. The number of rotatable bonds is 7. The highest BCUT2D eigenvalue weighted by molar-refractivity contribution is 9.10. The monoisotopic (exact) mass is 546 g/mol. The number of para-hydroxylation sites is 1. The van der Waals surface area contributed by atoms with E-state index in [9.17, 15) is 19.7 Å². The Morgan fingerprint density at radius 1 is 1.17 bits per heavy atom. The summed E-state index contributed by atoms with van der Waals surface area (Å²) in [6.07, 6.45) is 4.64. The number of benzene rings is 3. The molecular formula is C26H19BrN4O5. The van der Waals surface area contributed by atoms with Gasteiger partial charge in [0.05, 0.1) is 22.0 Å². The molecule has 0 fully saturated rings. The van der Waals surface area contributed by atoms with Gasteiger partial charge in [-0.15, -0.1) is 0 Å². The molecule has 10 heteroatoms. The molecule has 3 aromatic carbocycles. The molecule has 0 saturated heterocycles. The van der Waals surface area contributed by atoms with Gasteiger partial charge in [0, 0.05) is 34.7 Å². The summed E-state index contributed by atoms with van der Waals surface area (Å²) < 4.78 is 7.45. The van der Waals surface area contributed by atoms with Crippen LogP contribution in [0.1, 0.15) is 23.9 Å². The molecule has 36 heavy (non-hydrogen) atoms. The van der Waals surface area contributed by atoms with E-state index in [1.807, 2.05) is 13.0 Å². The van der Waals surface area contributed by atoms with Crippen molar-refractivity contribution >= 4 is 50.8 Å². The molecule has 4 aromatic rings. The Bertz CT molecular complexity index is 1580. The highest BCUT2D eigenvalue weighted by Crippen LogP contribution is 2.22. The fraction of sp³-hybridized carbons (Fsp3) is 0.0769. The second-order valence-electron chi connectivity index (χ2n) is 7.55. The van der Waals surface area contributed by atoms with Crippen LogP contribution in [0.25, 0.3) is 17.0 Å². The molecule has 0 unspecified atom stereocenters. The van der Waals surface area contributed by atoms with E-state index in [0.29, 0.717) is 34.3 Å². The van der Waals surface area contributed by atoms with Crippen LogP contribution in [0.4, 0.5) is 5.69 Å². The summed E-state index contributed by atoms with van der Waals surface area (Å²) >= 11 is 3.40. The van der Waals surface area contributed by atoms with Gasteiger partial charge >= 0.3 is 5.97 Å². The van der Waals surface area contributed by atoms with E-state index in [-0.39, 0.29) is 17.0 Å². The second kappa shape index (κ2) is 10.9. The molecule has 0 spiro atoms. The fourth-order valence-corrected chi connectivity index (χ4v) is 3.74. The number of nitro benzene ring substituents is 1. The van der Waals surface area contributed by atoms with Crippen LogP contribution in [0.3, 0.4) is 0 Å². The first kappa shape index (κ1) is 24.7. The Labute approximate surface area is 213 Å². The summed E-state index contributed by atoms with van der Waals surface area (Å²) in [6.45, 7) is 1.88. The molecule has 0 atom stereocenters. The van der Waals surface area contributed by atoms with Crippen LogP contribution in [-0.4, -0.2) is 26.8 Å². The molecule has 1 aromatic heterocycles. The maximum atomic E-state index is 13.0. The van der Waals surface area contributed by atoms with Crippen molar-refractivity contribution in [1.82, 2.24) is 9.66 Å². The van der Waals surface area contributed by atoms with Gasteiger partial charge in [-0.3, -0.25) is 14.9 Å². The maximum Gasteiger partial charge on any atom is 0.336 e. The first-order valence-corrected chi connectivity index (χ1v) is 11.6. The Balaban J connectivity index is 1.59. The molecular weight excluding hydrogens is 528 g/mol. The van der Waals surface area contributed by atoms with E-state index in [1.165, 1.54) is 47.3 Å². The summed E-state index contributed by atoms with van der Waals surface area (Å²) in [6, 6.07) is 17.8. The van der Waals surface area contributed by atoms with Gasteiger partial charge in [-0.25, -0.2) is 9.78 Å². The number of nitro groups is 1. The van der Waals surface area contributed by atoms with Crippen molar-refractivity contribution in [2.24, 2.45) is 5.10 Å². The van der Waals surface area contributed by atoms with Gasteiger partial charge < -0.3 is 4.74 Å². The summed E-state index contributed by atoms with van der Waals surface area (Å²) in [5, 5.41) is 15.6. The number of hydrogen-bond acceptors (Lipinski definition) is 7. The number of aromatic nitrogens is 2. The lowest BCUT2D eigenvalue weighted by atomic mass is 10.2. The third-order valence-corrected chi connectivity index (χ3v) is 5.64. The summed E-state index contributed by atoms with van der Waals surface area (Å²) in [5.41, 5.74) is 1.32. The topological polar surface area (TPSA) is 117 Å². The minimum atomic E-state index is -0.649. The Kier molecular flexibility index (Phi) is 7.45. The van der Waals surface area contributed by atoms with Crippen molar-refractivity contribution in [1.29, 1.82) is 0 Å². The van der Waals surface area contributed by atoms with Gasteiger partial charge in [-0.1, -0.05) is 35.0 Å². The average Bonchev–Trinajstić information content (AvgIpc) is 2.88. The second-order valence-corrected chi connectivity index (χ2v) is 8.46. The molecule has 0 aliphatic carbocycles. The zero-order valence-corrected chi connectivity index (χ0v) is 20.6. The number of halogens is 1. The van der Waals surface area contributed by atoms with Gasteiger partial charge in [0.1, 0.15) is 11.6 Å². The van der Waals surface area contributed by atoms with Crippen molar-refractivity contribution in [2.75, 3.05) is 0 Å². The lowest BCUT2D eigenvalue weighted by Gasteiger charge is -2.09. The van der Waals surface area contributed by atoms with Crippen LogP contribution in [0.2, 0.25) is 0 Å². The van der Waals surface area contributed by atoms with Crippen LogP contribution in [-0.2, 0) is 11.2 Å². The van der Waals surface area contributed by atoms with Gasteiger partial charge in [-0.2, -0.15) is 9.78 Å². The fourth-order valence-electron chi connectivity index (χ4n) is 3.36. The maximum absolute atomic E-state index is 13.0. The summed E-state index contributed by atoms with van der Waals surface area (Å²) in [7, 11) is 0. The van der Waals surface area contributed by atoms with E-state index < -0.39 is 10.9 Å². The van der Waals surface area contributed by atoms with Crippen LogP contribution >= 0.6 is 15.9 Å². The van der Waals surface area contributed by atoms with Crippen molar-refractivity contribution in [3.05, 3.63) is 115 Å². The van der Waals surface area contributed by atoms with E-state index >= 15 is 0 Å². The van der Waals surface area contributed by atoms with Crippen LogP contribution in [0, 0.1) is 10.1 Å². The van der Waals surface area contributed by atoms with E-state index in [0.717, 1.165) is 4.47 Å². The lowest BCUT2D eigenvalue weighted by molar-refractivity contribution is -0.384. The predicted molar refractivity (Wildman–Crippen MR) is 140 cm³/mol. The number of hydrogen-bond donors (Lipinski definition) is 0. The number of non-ortho nitro benzene ring substituents is 1. The quantitative estimate of drug-likeness (QED) is 0.0791. The van der Waals surface area contributed by atoms with Gasteiger partial charge in [0.15, 0.2) is 0 Å². The number of aryl methyl sites for hydroxylation is 1. The average molecular weight is 547 g/mol. The van der Waals surface area contributed by atoms with Crippen molar-refractivity contribution in [3.8, 4) is 5.75 Å². The summed E-state index contributed by atoms with van der Waals surface area (Å²) in [5.74, 6) is 0.0822. The zero-order valence-electron chi connectivity index (χ0n) is 19.0. The highest BCUT2D eigenvalue weighted by atomic mass is 79.9. The Morgan fingerprint density at radius 2 is 1.92 bits per heavy atom. The highest BCUT2D eigenvalue weighted by Gasteiger charge is 2.11. The molecule has 4 rings (SSSR count). The molecule has 0 radical (unpaired) electrons. The number of esters is 1. The summed E-state index contributed by atoms with van der Waals surface area (Å²) in [4.78, 5) is 40.2. The van der Waals surface area contributed by atoms with Crippen molar-refractivity contribution in [3.63, 3.8) is 0 Å². The van der Waals surface area contributed by atoms with Gasteiger partial charge in [0.25, 0.3) is 11.2 Å². The smallest absolute Gasteiger partial charge is 0.336 e.